The van der Waals surface area contributed by atoms with Crippen LogP contribution in [0.4, 0.5) is 0 Å². The van der Waals surface area contributed by atoms with Crippen LogP contribution in [0.15, 0.2) is 0 Å². The molecule has 11 heavy (non-hydrogen) atoms. The second-order valence-corrected chi connectivity index (χ2v) is 2.53. The number of aliphatic hydroxyl groups excluding tert-OH is 2. The largest absolute Gasteiger partial charge is 0.479 e. The van der Waals surface area contributed by atoms with Crippen LogP contribution in [0.1, 0.15) is 6.42 Å². The predicted molar refractivity (Wildman–Crippen MR) is 34.0 cm³/mol. The topological polar surface area (TPSA) is 90.3 Å². The number of ether oxygens (including phenoxy) is 1. The maximum Gasteiger partial charge on any atom is 0.332 e. The first-order valence-electron chi connectivity index (χ1n) is 3.32. The molecular formula is C6H10O5. The number of aliphatic carboxylic acids is 1. The van der Waals surface area contributed by atoms with Gasteiger partial charge in [-0.2, -0.15) is 0 Å². The predicted octanol–water partition coefficient (Wildman–Crippen LogP) is -1.42. The number of hydrogen-bond acceptors (Lipinski definition) is 4. The van der Waals surface area contributed by atoms with Gasteiger partial charge < -0.3 is 20.1 Å². The zero-order valence-electron chi connectivity index (χ0n) is 5.80. The zero-order chi connectivity index (χ0) is 8.43. The minimum atomic E-state index is -1.49. The van der Waals surface area contributed by atoms with Crippen molar-refractivity contribution in [3.63, 3.8) is 0 Å². The summed E-state index contributed by atoms with van der Waals surface area (Å²) in [6, 6.07) is 0. The third-order valence-corrected chi connectivity index (χ3v) is 1.54. The van der Waals surface area contributed by atoms with E-state index in [1.807, 2.05) is 0 Å². The van der Waals surface area contributed by atoms with Crippen molar-refractivity contribution in [1.29, 1.82) is 0 Å². The van der Waals surface area contributed by atoms with E-state index in [0.717, 1.165) is 0 Å². The summed E-state index contributed by atoms with van der Waals surface area (Å²) in [5.41, 5.74) is 0. The van der Waals surface area contributed by atoms with E-state index in [4.69, 9.17) is 20.1 Å². The standard InChI is InChI=1S/C6H10O5/c7-3(5-2-11-5)1-4(8)6(9)10/h3-5,7-8H,1-2H2,(H,9,10)/t3-,4-,5+/m0/s1. The smallest absolute Gasteiger partial charge is 0.332 e. The molecule has 0 aromatic rings. The molecule has 3 atom stereocenters. The lowest BCUT2D eigenvalue weighted by Gasteiger charge is -2.08. The highest BCUT2D eigenvalue weighted by atomic mass is 16.6. The number of carbonyl (C=O) groups is 1. The Balaban J connectivity index is 2.22. The van der Waals surface area contributed by atoms with Gasteiger partial charge in [0.15, 0.2) is 6.10 Å². The molecule has 0 spiro atoms. The lowest BCUT2D eigenvalue weighted by Crippen LogP contribution is -2.28. The van der Waals surface area contributed by atoms with Crippen LogP contribution in [0.5, 0.6) is 0 Å². The maximum absolute atomic E-state index is 10.1. The molecule has 0 unspecified atom stereocenters. The van der Waals surface area contributed by atoms with Crippen LogP contribution in [0.3, 0.4) is 0 Å². The summed E-state index contributed by atoms with van der Waals surface area (Å²) in [7, 11) is 0. The second kappa shape index (κ2) is 3.17. The average molecular weight is 162 g/mol. The second-order valence-electron chi connectivity index (χ2n) is 2.53. The molecule has 5 nitrogen and oxygen atoms in total. The van der Waals surface area contributed by atoms with Gasteiger partial charge in [0, 0.05) is 6.42 Å². The Bertz CT molecular complexity index is 153. The summed E-state index contributed by atoms with van der Waals surface area (Å²) in [6.45, 7) is 0.452. The fourth-order valence-corrected chi connectivity index (χ4v) is 0.759. The van der Waals surface area contributed by atoms with Gasteiger partial charge in [0.2, 0.25) is 0 Å². The first kappa shape index (κ1) is 8.45. The van der Waals surface area contributed by atoms with E-state index in [1.54, 1.807) is 0 Å². The van der Waals surface area contributed by atoms with E-state index in [0.29, 0.717) is 6.61 Å². The number of carboxylic acids is 1. The Morgan fingerprint density at radius 2 is 2.18 bits per heavy atom. The first-order chi connectivity index (χ1) is 5.11. The van der Waals surface area contributed by atoms with Crippen molar-refractivity contribution in [3.8, 4) is 0 Å². The Hall–Kier alpha value is -0.650. The summed E-state index contributed by atoms with van der Waals surface area (Å²) in [4.78, 5) is 10.1. The molecule has 0 aromatic carbocycles. The van der Waals surface area contributed by atoms with Crippen molar-refractivity contribution in [1.82, 2.24) is 0 Å². The number of rotatable bonds is 4. The van der Waals surface area contributed by atoms with Gasteiger partial charge >= 0.3 is 5.97 Å². The molecule has 64 valence electrons. The molecule has 0 saturated carbocycles. The monoisotopic (exact) mass is 162 g/mol. The van der Waals surface area contributed by atoms with Crippen LogP contribution in [0.2, 0.25) is 0 Å². The summed E-state index contributed by atoms with van der Waals surface area (Å²) >= 11 is 0. The van der Waals surface area contributed by atoms with Gasteiger partial charge in [-0.3, -0.25) is 0 Å². The summed E-state index contributed by atoms with van der Waals surface area (Å²) < 4.78 is 4.70. The van der Waals surface area contributed by atoms with E-state index >= 15 is 0 Å². The van der Waals surface area contributed by atoms with Crippen molar-refractivity contribution in [2.75, 3.05) is 6.61 Å². The average Bonchev–Trinajstić information content (AvgIpc) is 2.67. The summed E-state index contributed by atoms with van der Waals surface area (Å²) in [6.07, 6.45) is -2.79. The van der Waals surface area contributed by atoms with Gasteiger partial charge in [0.25, 0.3) is 0 Å². The number of epoxide rings is 1. The molecule has 1 saturated heterocycles. The minimum Gasteiger partial charge on any atom is -0.479 e. The molecule has 5 heteroatoms. The fraction of sp³-hybridized carbons (Fsp3) is 0.833. The maximum atomic E-state index is 10.1. The van der Waals surface area contributed by atoms with Crippen molar-refractivity contribution >= 4 is 5.97 Å². The van der Waals surface area contributed by atoms with Crippen LogP contribution in [0, 0.1) is 0 Å². The number of carboxylic acid groups (broad SMARTS) is 1. The van der Waals surface area contributed by atoms with Crippen LogP contribution < -0.4 is 0 Å². The van der Waals surface area contributed by atoms with E-state index in [9.17, 15) is 4.79 Å². The van der Waals surface area contributed by atoms with Gasteiger partial charge in [-0.25, -0.2) is 4.79 Å². The van der Waals surface area contributed by atoms with Crippen LogP contribution in [0.25, 0.3) is 0 Å². The van der Waals surface area contributed by atoms with Gasteiger partial charge in [-0.15, -0.1) is 0 Å². The van der Waals surface area contributed by atoms with Crippen LogP contribution in [-0.4, -0.2) is 46.2 Å². The van der Waals surface area contributed by atoms with Crippen molar-refractivity contribution in [2.24, 2.45) is 0 Å². The number of hydrogen-bond donors (Lipinski definition) is 3. The molecule has 3 N–H and O–H groups in total. The Kier molecular flexibility index (Phi) is 2.43. The SMILES string of the molecule is O=C(O)[C@@H](O)C[C@H](O)[C@H]1CO1. The molecule has 1 fully saturated rings. The first-order valence-corrected chi connectivity index (χ1v) is 3.32. The molecule has 0 radical (unpaired) electrons. The molecular weight excluding hydrogens is 152 g/mol. The van der Waals surface area contributed by atoms with E-state index in [1.165, 1.54) is 0 Å². The van der Waals surface area contributed by atoms with Gasteiger partial charge in [0.05, 0.1) is 12.7 Å². The summed E-state index contributed by atoms with van der Waals surface area (Å²) in [5, 5.41) is 26.0. The highest BCUT2D eigenvalue weighted by Crippen LogP contribution is 2.17. The molecule has 0 amide bonds. The van der Waals surface area contributed by atoms with Crippen LogP contribution in [-0.2, 0) is 9.53 Å². The molecule has 0 bridgehead atoms. The van der Waals surface area contributed by atoms with Gasteiger partial charge in [0.1, 0.15) is 6.10 Å². The van der Waals surface area contributed by atoms with E-state index in [-0.39, 0.29) is 12.5 Å². The van der Waals surface area contributed by atoms with E-state index in [2.05, 4.69) is 0 Å². The van der Waals surface area contributed by atoms with Crippen molar-refractivity contribution in [2.45, 2.75) is 24.7 Å². The fourth-order valence-electron chi connectivity index (χ4n) is 0.759. The van der Waals surface area contributed by atoms with Crippen molar-refractivity contribution in [3.05, 3.63) is 0 Å². The Morgan fingerprint density at radius 3 is 2.55 bits per heavy atom. The third kappa shape index (κ3) is 2.45. The normalized spacial score (nSPS) is 27.6. The lowest BCUT2D eigenvalue weighted by atomic mass is 10.1. The zero-order valence-corrected chi connectivity index (χ0v) is 5.80. The summed E-state index contributed by atoms with van der Waals surface area (Å²) in [5.74, 6) is -1.32. The van der Waals surface area contributed by atoms with Crippen LogP contribution >= 0.6 is 0 Å². The highest BCUT2D eigenvalue weighted by Gasteiger charge is 2.33. The highest BCUT2D eigenvalue weighted by molar-refractivity contribution is 5.71. The molecule has 0 aromatic heterocycles. The number of aliphatic hydroxyl groups is 2. The molecule has 1 aliphatic rings. The van der Waals surface area contributed by atoms with Gasteiger partial charge in [-0.1, -0.05) is 0 Å². The molecule has 1 rings (SSSR count). The molecule has 1 heterocycles. The Morgan fingerprint density at radius 1 is 1.64 bits per heavy atom. The Labute approximate surface area is 63.2 Å². The third-order valence-electron chi connectivity index (χ3n) is 1.54. The molecule has 1 aliphatic heterocycles. The van der Waals surface area contributed by atoms with E-state index < -0.39 is 18.2 Å². The quantitative estimate of drug-likeness (QED) is 0.441. The van der Waals surface area contributed by atoms with Gasteiger partial charge in [-0.05, 0) is 0 Å². The molecule has 0 aliphatic carbocycles. The van der Waals surface area contributed by atoms with Crippen molar-refractivity contribution < 1.29 is 24.9 Å². The minimum absolute atomic E-state index is 0.167. The lowest BCUT2D eigenvalue weighted by molar-refractivity contribution is -0.148.